The standard InChI is InChI=1S/C27H38N2O9.C21H18O5/c1-6-7-8-10-19-24(38-21(31)13-15(2)3)17(5)37-27(35)22(16(4)36-26(19)34)29-25(33)18-11-9-12-20(23(18)32)28-14-30;1-21(2,26-20(23)13-6-4-3-5-7-13)18-11-15-10-14-8-9-19(22)25-16(14)12-17(15)24-18/h9,11-12,14-17,19,22,24,32H,6-8,10,13H2,1-5H3,(H,28,30)(H,29,33);3-10,12,18H,11H2,1-2H3. The Balaban J connectivity index is 0.000000256. The van der Waals surface area contributed by atoms with Gasteiger partial charge in [0, 0.05) is 30.4 Å². The molecule has 6 atom stereocenters. The largest absolute Gasteiger partial charge is 0.505 e. The van der Waals surface area contributed by atoms with Crippen LogP contribution in [0.4, 0.5) is 5.69 Å². The average molecular weight is 885 g/mol. The van der Waals surface area contributed by atoms with Crippen LogP contribution in [-0.2, 0) is 44.5 Å². The number of carbonyl (C=O) groups is 6. The minimum absolute atomic E-state index is 0.00114. The molecule has 3 aromatic carbocycles. The molecule has 0 aliphatic carbocycles. The molecule has 2 amide bonds. The third-order valence-corrected chi connectivity index (χ3v) is 10.8. The zero-order chi connectivity index (χ0) is 46.7. The van der Waals surface area contributed by atoms with Crippen LogP contribution in [0.3, 0.4) is 0 Å². The van der Waals surface area contributed by atoms with Crippen LogP contribution >= 0.6 is 0 Å². The number of anilines is 1. The van der Waals surface area contributed by atoms with Crippen molar-refractivity contribution in [2.45, 2.75) is 123 Å². The molecule has 2 aliphatic heterocycles. The van der Waals surface area contributed by atoms with Gasteiger partial charge in [0.25, 0.3) is 5.91 Å². The second-order valence-electron chi connectivity index (χ2n) is 16.8. The van der Waals surface area contributed by atoms with Crippen molar-refractivity contribution in [1.82, 2.24) is 5.32 Å². The smallest absolute Gasteiger partial charge is 0.338 e. The Morgan fingerprint density at radius 2 is 1.62 bits per heavy atom. The number of rotatable bonds is 14. The molecule has 16 heteroatoms. The topological polar surface area (TPSA) is 223 Å². The first-order valence-electron chi connectivity index (χ1n) is 21.4. The van der Waals surface area contributed by atoms with Crippen molar-refractivity contribution < 1.29 is 62.0 Å². The molecule has 16 nitrogen and oxygen atoms in total. The Hall–Kier alpha value is -6.71. The molecule has 6 unspecified atom stereocenters. The van der Waals surface area contributed by atoms with Gasteiger partial charge in [0.1, 0.15) is 35.2 Å². The molecular weight excluding hydrogens is 829 g/mol. The molecule has 6 rings (SSSR count). The number of carbonyl (C=O) groups excluding carboxylic acids is 6. The number of amides is 2. The van der Waals surface area contributed by atoms with Crippen LogP contribution in [-0.4, -0.2) is 77.4 Å². The maximum absolute atomic E-state index is 13.3. The number of nitrogens with one attached hydrogen (secondary N) is 2. The van der Waals surface area contributed by atoms with Gasteiger partial charge >= 0.3 is 29.5 Å². The number of aromatic hydroxyl groups is 1. The number of phenols is 1. The van der Waals surface area contributed by atoms with E-state index in [0.717, 1.165) is 23.8 Å². The third-order valence-electron chi connectivity index (χ3n) is 10.8. The second-order valence-corrected chi connectivity index (χ2v) is 16.8. The van der Waals surface area contributed by atoms with E-state index in [1.807, 2.05) is 46.8 Å². The van der Waals surface area contributed by atoms with Crippen LogP contribution in [0.2, 0.25) is 0 Å². The van der Waals surface area contributed by atoms with Gasteiger partial charge in [-0.15, -0.1) is 0 Å². The SMILES string of the molecule is CC(C)(OC(=O)c1ccccc1)C1Cc2cc3ccc(=O)oc3cc2O1.CCCCCC1C(=O)OC(C)C(NC(=O)c2cccc(NC=O)c2O)C(=O)OC(C)C1OC(=O)CC(C)C. The summed E-state index contributed by atoms with van der Waals surface area (Å²) in [6.45, 7) is 12.4. The fourth-order valence-electron chi connectivity index (χ4n) is 7.36. The fourth-order valence-corrected chi connectivity index (χ4v) is 7.36. The van der Waals surface area contributed by atoms with E-state index >= 15 is 0 Å². The molecule has 3 heterocycles. The van der Waals surface area contributed by atoms with Crippen LogP contribution < -0.4 is 21.0 Å². The molecule has 4 aromatic rings. The predicted molar refractivity (Wildman–Crippen MR) is 234 cm³/mol. The fraction of sp³-hybridized carbons (Fsp3) is 0.438. The monoisotopic (exact) mass is 884 g/mol. The molecule has 2 aliphatic rings. The van der Waals surface area contributed by atoms with Crippen molar-refractivity contribution in [3.63, 3.8) is 0 Å². The van der Waals surface area contributed by atoms with E-state index in [1.54, 1.807) is 36.4 Å². The summed E-state index contributed by atoms with van der Waals surface area (Å²) in [6.07, 6.45) is 0.349. The lowest BCUT2D eigenvalue weighted by Gasteiger charge is -2.30. The summed E-state index contributed by atoms with van der Waals surface area (Å²) >= 11 is 0. The molecule has 0 spiro atoms. The number of hydrogen-bond acceptors (Lipinski definition) is 14. The van der Waals surface area contributed by atoms with E-state index in [4.69, 9.17) is 28.1 Å². The van der Waals surface area contributed by atoms with Crippen molar-refractivity contribution in [2.24, 2.45) is 11.8 Å². The van der Waals surface area contributed by atoms with Crippen molar-refractivity contribution in [3.05, 3.63) is 99.9 Å². The molecule has 0 saturated carbocycles. The van der Waals surface area contributed by atoms with E-state index in [2.05, 4.69) is 10.6 Å². The molecule has 1 saturated heterocycles. The van der Waals surface area contributed by atoms with Crippen molar-refractivity contribution in [3.8, 4) is 11.5 Å². The zero-order valence-electron chi connectivity index (χ0n) is 37.0. The van der Waals surface area contributed by atoms with Gasteiger partial charge in [-0.05, 0) is 82.0 Å². The zero-order valence-corrected chi connectivity index (χ0v) is 37.0. The Kier molecular flexibility index (Phi) is 16.3. The predicted octanol–water partition coefficient (Wildman–Crippen LogP) is 6.82. The van der Waals surface area contributed by atoms with E-state index in [1.165, 1.54) is 38.1 Å². The lowest BCUT2D eigenvalue weighted by Crippen LogP contribution is -2.50. The van der Waals surface area contributed by atoms with E-state index in [0.29, 0.717) is 42.6 Å². The van der Waals surface area contributed by atoms with Gasteiger partial charge in [-0.2, -0.15) is 0 Å². The van der Waals surface area contributed by atoms with E-state index in [-0.39, 0.29) is 35.7 Å². The highest BCUT2D eigenvalue weighted by Crippen LogP contribution is 2.37. The van der Waals surface area contributed by atoms with Gasteiger partial charge < -0.3 is 43.8 Å². The second kappa shape index (κ2) is 21.6. The average Bonchev–Trinajstić information content (AvgIpc) is 3.68. The Morgan fingerprint density at radius 3 is 2.31 bits per heavy atom. The third kappa shape index (κ3) is 12.3. The number of esters is 4. The molecule has 1 fully saturated rings. The van der Waals surface area contributed by atoms with Crippen molar-refractivity contribution >= 4 is 52.9 Å². The molecule has 0 radical (unpaired) electrons. The van der Waals surface area contributed by atoms with Gasteiger partial charge in [-0.1, -0.05) is 64.3 Å². The van der Waals surface area contributed by atoms with Gasteiger partial charge in [-0.3, -0.25) is 19.2 Å². The summed E-state index contributed by atoms with van der Waals surface area (Å²) in [5, 5.41) is 15.9. The number of ether oxygens (including phenoxy) is 5. The molecular formula is C48H56N2O14. The Labute approximate surface area is 370 Å². The van der Waals surface area contributed by atoms with Crippen molar-refractivity contribution in [2.75, 3.05) is 5.32 Å². The molecule has 1 aromatic heterocycles. The van der Waals surface area contributed by atoms with Gasteiger partial charge in [-0.25, -0.2) is 14.4 Å². The van der Waals surface area contributed by atoms with Crippen LogP contribution in [0.1, 0.15) is 107 Å². The number of unbranched alkanes of at least 4 members (excludes halogenated alkanes) is 2. The molecule has 64 heavy (non-hydrogen) atoms. The highest BCUT2D eigenvalue weighted by molar-refractivity contribution is 6.01. The summed E-state index contributed by atoms with van der Waals surface area (Å²) in [5.74, 6) is -4.00. The van der Waals surface area contributed by atoms with Gasteiger partial charge in [0.05, 0.1) is 22.7 Å². The molecule has 3 N–H and O–H groups in total. The molecule has 0 bridgehead atoms. The highest BCUT2D eigenvalue weighted by atomic mass is 16.6. The normalized spacial score (nSPS) is 20.7. The van der Waals surface area contributed by atoms with E-state index in [9.17, 15) is 38.7 Å². The number of phenolic OH excluding ortho intramolecular Hbond substituents is 1. The highest BCUT2D eigenvalue weighted by Gasteiger charge is 2.44. The van der Waals surface area contributed by atoms with Crippen LogP contribution in [0.15, 0.2) is 82.0 Å². The van der Waals surface area contributed by atoms with Gasteiger partial charge in [0.2, 0.25) is 6.41 Å². The number of para-hydroxylation sites is 1. The number of fused-ring (bicyclic) bond motifs is 2. The lowest BCUT2D eigenvalue weighted by molar-refractivity contribution is -0.175. The summed E-state index contributed by atoms with van der Waals surface area (Å²) in [6, 6.07) is 18.4. The minimum atomic E-state index is -1.42. The first-order valence-corrected chi connectivity index (χ1v) is 21.4. The number of hydrogen-bond donors (Lipinski definition) is 3. The lowest BCUT2D eigenvalue weighted by atomic mass is 9.92. The van der Waals surface area contributed by atoms with Gasteiger partial charge in [0.15, 0.2) is 17.9 Å². The van der Waals surface area contributed by atoms with Crippen LogP contribution in [0.25, 0.3) is 11.0 Å². The Morgan fingerprint density at radius 1 is 0.906 bits per heavy atom. The first-order chi connectivity index (χ1) is 30.4. The number of cyclic esters (lactones) is 2. The van der Waals surface area contributed by atoms with Crippen LogP contribution in [0.5, 0.6) is 11.5 Å². The van der Waals surface area contributed by atoms with E-state index < -0.39 is 71.1 Å². The van der Waals surface area contributed by atoms with Crippen molar-refractivity contribution in [1.29, 1.82) is 0 Å². The molecule has 342 valence electrons. The maximum Gasteiger partial charge on any atom is 0.338 e. The quantitative estimate of drug-likeness (QED) is 0.0295. The first kappa shape index (κ1) is 48.3. The number of benzene rings is 3. The summed E-state index contributed by atoms with van der Waals surface area (Å²) < 4.78 is 33.8. The Bertz CT molecular complexity index is 2380. The summed E-state index contributed by atoms with van der Waals surface area (Å²) in [7, 11) is 0. The minimum Gasteiger partial charge on any atom is -0.505 e. The maximum atomic E-state index is 13.3. The summed E-state index contributed by atoms with van der Waals surface area (Å²) in [5.41, 5.74) is 0.551. The van der Waals surface area contributed by atoms with Crippen LogP contribution in [0, 0.1) is 11.8 Å². The summed E-state index contributed by atoms with van der Waals surface area (Å²) in [4.78, 5) is 86.5.